The number of rotatable bonds is 4. The molecule has 0 saturated carbocycles. The van der Waals surface area contributed by atoms with Gasteiger partial charge in [-0.3, -0.25) is 0 Å². The van der Waals surface area contributed by atoms with Crippen LogP contribution in [0.25, 0.3) is 22.4 Å². The molecular weight excluding hydrogens is 330 g/mol. The van der Waals surface area contributed by atoms with Crippen LogP contribution in [0.15, 0.2) is 48.5 Å². The highest BCUT2D eigenvalue weighted by Gasteiger charge is 2.19. The summed E-state index contributed by atoms with van der Waals surface area (Å²) in [6.45, 7) is 0. The number of hydrogen-bond acceptors (Lipinski definition) is 6. The Labute approximate surface area is 151 Å². The van der Waals surface area contributed by atoms with Crippen molar-refractivity contribution in [2.24, 2.45) is 0 Å². The standard InChI is InChI=1S/C20H17N3O3/c1-25-18-9-5-7-12(19(18)26-2)14-10-16(23-20(22)15(14)11-21)13-6-3-4-8-17(13)24/h3-10,24H,1-2H3,(H2,22,23). The number of phenols is 1. The van der Waals surface area contributed by atoms with Crippen LogP contribution >= 0.6 is 0 Å². The van der Waals surface area contributed by atoms with Gasteiger partial charge in [0.05, 0.1) is 19.9 Å². The molecule has 1 aromatic heterocycles. The molecule has 6 heteroatoms. The van der Waals surface area contributed by atoms with Crippen LogP contribution in [-0.4, -0.2) is 24.3 Å². The SMILES string of the molecule is COc1cccc(-c2cc(-c3ccccc3O)nc(N)c2C#N)c1OC. The first kappa shape index (κ1) is 17.1. The molecule has 26 heavy (non-hydrogen) atoms. The van der Waals surface area contributed by atoms with E-state index in [2.05, 4.69) is 11.1 Å². The third kappa shape index (κ3) is 2.87. The van der Waals surface area contributed by atoms with Gasteiger partial charge in [-0.15, -0.1) is 0 Å². The fourth-order valence-electron chi connectivity index (χ4n) is 2.82. The van der Waals surface area contributed by atoms with Gasteiger partial charge in [-0.1, -0.05) is 24.3 Å². The molecule has 0 bridgehead atoms. The Bertz CT molecular complexity index is 1010. The maximum Gasteiger partial charge on any atom is 0.168 e. The van der Waals surface area contributed by atoms with Crippen molar-refractivity contribution in [2.45, 2.75) is 0 Å². The van der Waals surface area contributed by atoms with Gasteiger partial charge in [-0.05, 0) is 24.3 Å². The summed E-state index contributed by atoms with van der Waals surface area (Å²) < 4.78 is 10.8. The van der Waals surface area contributed by atoms with Gasteiger partial charge in [0.15, 0.2) is 11.5 Å². The summed E-state index contributed by atoms with van der Waals surface area (Å²) >= 11 is 0. The summed E-state index contributed by atoms with van der Waals surface area (Å²) in [5, 5.41) is 19.7. The molecule has 0 radical (unpaired) electrons. The highest BCUT2D eigenvalue weighted by atomic mass is 16.5. The number of hydrogen-bond donors (Lipinski definition) is 2. The average molecular weight is 347 g/mol. The largest absolute Gasteiger partial charge is 0.507 e. The summed E-state index contributed by atoms with van der Waals surface area (Å²) in [6, 6.07) is 16.0. The number of nitriles is 1. The van der Waals surface area contributed by atoms with E-state index >= 15 is 0 Å². The molecule has 2 aromatic carbocycles. The van der Waals surface area contributed by atoms with Crippen LogP contribution in [0.4, 0.5) is 5.82 Å². The number of nitrogens with two attached hydrogens (primary N) is 1. The van der Waals surface area contributed by atoms with Gasteiger partial charge >= 0.3 is 0 Å². The lowest BCUT2D eigenvalue weighted by atomic mass is 9.97. The van der Waals surface area contributed by atoms with Crippen molar-refractivity contribution in [3.8, 4) is 45.7 Å². The van der Waals surface area contributed by atoms with Crippen LogP contribution in [0.5, 0.6) is 17.2 Å². The normalized spacial score (nSPS) is 10.2. The molecule has 6 nitrogen and oxygen atoms in total. The van der Waals surface area contributed by atoms with Gasteiger partial charge < -0.3 is 20.3 Å². The Morgan fingerprint density at radius 1 is 1.00 bits per heavy atom. The second-order valence-corrected chi connectivity index (χ2v) is 5.49. The molecule has 3 N–H and O–H groups in total. The molecule has 1 heterocycles. The van der Waals surface area contributed by atoms with E-state index in [1.807, 2.05) is 6.07 Å². The Hall–Kier alpha value is -3.72. The molecule has 3 rings (SSSR count). The van der Waals surface area contributed by atoms with Gasteiger partial charge in [0.2, 0.25) is 0 Å². The number of pyridine rings is 1. The van der Waals surface area contributed by atoms with E-state index in [9.17, 15) is 10.4 Å². The minimum atomic E-state index is 0.0765. The highest BCUT2D eigenvalue weighted by molar-refractivity contribution is 5.85. The lowest BCUT2D eigenvalue weighted by Gasteiger charge is -2.15. The van der Waals surface area contributed by atoms with E-state index in [0.717, 1.165) is 0 Å². The number of anilines is 1. The molecule has 0 fully saturated rings. The van der Waals surface area contributed by atoms with E-state index < -0.39 is 0 Å². The van der Waals surface area contributed by atoms with Gasteiger partial charge in [0.1, 0.15) is 23.2 Å². The molecule has 0 saturated heterocycles. The molecule has 0 aliphatic heterocycles. The summed E-state index contributed by atoms with van der Waals surface area (Å²) in [4.78, 5) is 4.28. The number of methoxy groups -OCH3 is 2. The van der Waals surface area contributed by atoms with Crippen molar-refractivity contribution < 1.29 is 14.6 Å². The van der Waals surface area contributed by atoms with Gasteiger partial charge in [0.25, 0.3) is 0 Å². The van der Waals surface area contributed by atoms with E-state index in [0.29, 0.717) is 33.9 Å². The van der Waals surface area contributed by atoms with Crippen molar-refractivity contribution in [1.29, 1.82) is 5.26 Å². The second kappa shape index (κ2) is 7.03. The first-order chi connectivity index (χ1) is 12.6. The molecule has 0 aliphatic carbocycles. The lowest BCUT2D eigenvalue weighted by Crippen LogP contribution is -2.01. The van der Waals surface area contributed by atoms with Gasteiger partial charge in [-0.2, -0.15) is 5.26 Å². The number of nitrogen functional groups attached to an aromatic ring is 1. The Balaban J connectivity index is 2.32. The summed E-state index contributed by atoms with van der Waals surface area (Å²) in [5.41, 5.74) is 8.44. The van der Waals surface area contributed by atoms with Crippen molar-refractivity contribution >= 4 is 5.82 Å². The van der Waals surface area contributed by atoms with Crippen LogP contribution < -0.4 is 15.2 Å². The zero-order valence-corrected chi connectivity index (χ0v) is 14.4. The summed E-state index contributed by atoms with van der Waals surface area (Å²) in [7, 11) is 3.07. The minimum Gasteiger partial charge on any atom is -0.507 e. The topological polar surface area (TPSA) is 101 Å². The molecule has 0 unspecified atom stereocenters. The van der Waals surface area contributed by atoms with Crippen LogP contribution in [0.2, 0.25) is 0 Å². The Morgan fingerprint density at radius 3 is 2.38 bits per heavy atom. The van der Waals surface area contributed by atoms with Crippen molar-refractivity contribution in [2.75, 3.05) is 20.0 Å². The number of benzene rings is 2. The van der Waals surface area contributed by atoms with Crippen molar-refractivity contribution in [3.63, 3.8) is 0 Å². The number of phenolic OH excluding ortho intramolecular Hbond substituents is 1. The number of nitrogens with zero attached hydrogens (tertiary/aromatic N) is 2. The fourth-order valence-corrected chi connectivity index (χ4v) is 2.82. The Morgan fingerprint density at radius 2 is 1.73 bits per heavy atom. The van der Waals surface area contributed by atoms with Gasteiger partial charge in [-0.25, -0.2) is 4.98 Å². The first-order valence-electron chi connectivity index (χ1n) is 7.81. The minimum absolute atomic E-state index is 0.0765. The van der Waals surface area contributed by atoms with Crippen molar-refractivity contribution in [3.05, 3.63) is 54.1 Å². The molecule has 130 valence electrons. The molecule has 3 aromatic rings. The zero-order chi connectivity index (χ0) is 18.7. The third-order valence-corrected chi connectivity index (χ3v) is 4.03. The maximum atomic E-state index is 10.1. The molecular formula is C20H17N3O3. The molecule has 0 atom stereocenters. The van der Waals surface area contributed by atoms with Gasteiger partial charge in [0, 0.05) is 16.7 Å². The van der Waals surface area contributed by atoms with E-state index in [-0.39, 0.29) is 17.1 Å². The van der Waals surface area contributed by atoms with Crippen LogP contribution in [-0.2, 0) is 0 Å². The molecule has 0 spiro atoms. The van der Waals surface area contributed by atoms with Crippen LogP contribution in [0.3, 0.4) is 0 Å². The zero-order valence-electron chi connectivity index (χ0n) is 14.4. The maximum absolute atomic E-state index is 10.1. The monoisotopic (exact) mass is 347 g/mol. The lowest BCUT2D eigenvalue weighted by molar-refractivity contribution is 0.356. The molecule has 0 amide bonds. The fraction of sp³-hybridized carbons (Fsp3) is 0.100. The van der Waals surface area contributed by atoms with Crippen LogP contribution in [0.1, 0.15) is 5.56 Å². The predicted octanol–water partition coefficient (Wildman–Crippen LogP) is 3.59. The number of aromatic nitrogens is 1. The number of para-hydroxylation sites is 2. The third-order valence-electron chi connectivity index (χ3n) is 4.03. The number of aromatic hydroxyl groups is 1. The van der Waals surface area contributed by atoms with E-state index in [1.54, 1.807) is 49.6 Å². The summed E-state index contributed by atoms with van der Waals surface area (Å²) in [6.07, 6.45) is 0. The number of ether oxygens (including phenoxy) is 2. The van der Waals surface area contributed by atoms with Crippen molar-refractivity contribution in [1.82, 2.24) is 4.98 Å². The van der Waals surface area contributed by atoms with E-state index in [1.165, 1.54) is 7.11 Å². The average Bonchev–Trinajstić information content (AvgIpc) is 2.66. The molecule has 0 aliphatic rings. The predicted molar refractivity (Wildman–Crippen MR) is 99.0 cm³/mol. The Kier molecular flexibility index (Phi) is 4.63. The summed E-state index contributed by atoms with van der Waals surface area (Å²) in [5.74, 6) is 1.18. The van der Waals surface area contributed by atoms with Crippen LogP contribution in [0, 0.1) is 11.3 Å². The first-order valence-corrected chi connectivity index (χ1v) is 7.81. The highest BCUT2D eigenvalue weighted by Crippen LogP contribution is 2.41. The second-order valence-electron chi connectivity index (χ2n) is 5.49. The van der Waals surface area contributed by atoms with E-state index in [4.69, 9.17) is 15.2 Å². The smallest absolute Gasteiger partial charge is 0.168 e. The quantitative estimate of drug-likeness (QED) is 0.748.